The molecule has 3 N–H and O–H groups in total. The summed E-state index contributed by atoms with van der Waals surface area (Å²) in [4.78, 5) is 10.7. The summed E-state index contributed by atoms with van der Waals surface area (Å²) in [6.07, 6.45) is -1.04. The van der Waals surface area contributed by atoms with E-state index in [1.54, 1.807) is 4.72 Å². The van der Waals surface area contributed by atoms with Gasteiger partial charge in [0, 0.05) is 5.69 Å². The van der Waals surface area contributed by atoms with Crippen molar-refractivity contribution in [3.8, 4) is 0 Å². The van der Waals surface area contributed by atoms with Crippen molar-refractivity contribution in [3.63, 3.8) is 0 Å². The molecule has 0 aliphatic rings. The van der Waals surface area contributed by atoms with Gasteiger partial charge in [0.2, 0.25) is 0 Å². The van der Waals surface area contributed by atoms with Crippen LogP contribution in [0.15, 0.2) is 29.2 Å². The summed E-state index contributed by atoms with van der Waals surface area (Å²) in [6, 6.07) is 5.43. The molecule has 16 heavy (non-hydrogen) atoms. The molecule has 1 rings (SSSR count). The van der Waals surface area contributed by atoms with Gasteiger partial charge in [-0.15, -0.1) is 0 Å². The van der Waals surface area contributed by atoms with Gasteiger partial charge in [-0.2, -0.15) is 0 Å². The zero-order chi connectivity index (χ0) is 11.5. The maximum Gasteiger partial charge on any atom is 1.00 e. The topological polar surface area (TPSA) is 98.5 Å². The van der Waals surface area contributed by atoms with Crippen molar-refractivity contribution in [2.24, 2.45) is 0 Å². The summed E-state index contributed by atoms with van der Waals surface area (Å²) in [7, 11) is -2.79. The number of nitrogens with two attached hydrogens (primary N) is 1. The van der Waals surface area contributed by atoms with Gasteiger partial charge in [-0.05, 0) is 24.3 Å². The molecule has 8 heteroatoms. The number of hydrogen-bond donors (Lipinski definition) is 2. The first-order chi connectivity index (χ1) is 6.95. The van der Waals surface area contributed by atoms with Crippen LogP contribution in [0.2, 0.25) is 0 Å². The van der Waals surface area contributed by atoms with Gasteiger partial charge in [0.05, 0.1) is 12.0 Å². The van der Waals surface area contributed by atoms with E-state index in [1.165, 1.54) is 24.3 Å². The van der Waals surface area contributed by atoms with Crippen LogP contribution in [-0.2, 0) is 14.8 Å². The number of amides is 1. The van der Waals surface area contributed by atoms with E-state index in [0.717, 1.165) is 7.11 Å². The SMILES string of the molecule is COC(=O)NS(=O)(=O)c1ccc(N)cc1.[Na+]. The van der Waals surface area contributed by atoms with Gasteiger partial charge in [-0.25, -0.2) is 17.9 Å². The van der Waals surface area contributed by atoms with Crippen LogP contribution < -0.4 is 40.0 Å². The summed E-state index contributed by atoms with van der Waals surface area (Å²) >= 11 is 0. The Morgan fingerprint density at radius 1 is 1.31 bits per heavy atom. The van der Waals surface area contributed by atoms with Crippen LogP contribution in [0.1, 0.15) is 0 Å². The molecular weight excluding hydrogens is 243 g/mol. The van der Waals surface area contributed by atoms with Crippen molar-refractivity contribution in [2.45, 2.75) is 4.90 Å². The van der Waals surface area contributed by atoms with Crippen LogP contribution in [0.25, 0.3) is 0 Å². The van der Waals surface area contributed by atoms with Crippen molar-refractivity contribution in [3.05, 3.63) is 24.3 Å². The third-order valence-corrected chi connectivity index (χ3v) is 2.92. The predicted octanol–water partition coefficient (Wildman–Crippen LogP) is -2.68. The second-order valence-corrected chi connectivity index (χ2v) is 4.35. The maximum atomic E-state index is 11.5. The molecule has 0 fully saturated rings. The molecule has 0 aliphatic heterocycles. The molecule has 0 saturated carbocycles. The summed E-state index contributed by atoms with van der Waals surface area (Å²) in [5.74, 6) is 0. The summed E-state index contributed by atoms with van der Waals surface area (Å²) < 4.78 is 28.8. The summed E-state index contributed by atoms with van der Waals surface area (Å²) in [5, 5.41) is 0. The molecule has 0 unspecified atom stereocenters. The standard InChI is InChI=1S/C8H10N2O4S.Na/c1-14-8(11)10-15(12,13)7-4-2-6(9)3-5-7;/h2-5H,9H2,1H3,(H,10,11);/q;+1. The smallest absolute Gasteiger partial charge is 0.452 e. The minimum Gasteiger partial charge on any atom is -0.452 e. The van der Waals surface area contributed by atoms with E-state index in [2.05, 4.69) is 4.74 Å². The van der Waals surface area contributed by atoms with Gasteiger partial charge in [0.25, 0.3) is 10.0 Å². The van der Waals surface area contributed by atoms with E-state index >= 15 is 0 Å². The number of carbonyl (C=O) groups is 1. The second-order valence-electron chi connectivity index (χ2n) is 2.67. The van der Waals surface area contributed by atoms with Crippen LogP contribution in [0, 0.1) is 0 Å². The Morgan fingerprint density at radius 3 is 2.25 bits per heavy atom. The van der Waals surface area contributed by atoms with E-state index in [-0.39, 0.29) is 34.5 Å². The monoisotopic (exact) mass is 253 g/mol. The minimum atomic E-state index is -3.87. The Bertz CT molecular complexity index is 457. The van der Waals surface area contributed by atoms with Crippen LogP contribution >= 0.6 is 0 Å². The Kier molecular flexibility index (Phi) is 5.80. The number of sulfonamides is 1. The Labute approximate surface area is 116 Å². The fourth-order valence-corrected chi connectivity index (χ4v) is 1.77. The molecule has 0 radical (unpaired) electrons. The summed E-state index contributed by atoms with van der Waals surface area (Å²) in [6.45, 7) is 0. The zero-order valence-electron chi connectivity index (χ0n) is 8.93. The number of benzene rings is 1. The predicted molar refractivity (Wildman–Crippen MR) is 53.6 cm³/mol. The number of hydrogen-bond acceptors (Lipinski definition) is 5. The third kappa shape index (κ3) is 4.01. The quantitative estimate of drug-likeness (QED) is 0.442. The number of rotatable bonds is 2. The van der Waals surface area contributed by atoms with Gasteiger partial charge in [0.15, 0.2) is 0 Å². The van der Waals surface area contributed by atoms with E-state index in [1.807, 2.05) is 0 Å². The first kappa shape index (κ1) is 15.2. The van der Waals surface area contributed by atoms with E-state index in [0.29, 0.717) is 5.69 Å². The first-order valence-corrected chi connectivity index (χ1v) is 5.40. The Balaban J connectivity index is 0.00000225. The van der Waals surface area contributed by atoms with Crippen LogP contribution in [-0.4, -0.2) is 21.6 Å². The molecule has 6 nitrogen and oxygen atoms in total. The average molecular weight is 253 g/mol. The molecule has 1 amide bonds. The number of nitrogen functional groups attached to an aromatic ring is 1. The molecule has 0 saturated heterocycles. The molecule has 1 aromatic rings. The maximum absolute atomic E-state index is 11.5. The Hall–Kier alpha value is -0.760. The molecular formula is C8H10N2NaO4S+. The van der Waals surface area contributed by atoms with Gasteiger partial charge < -0.3 is 10.5 Å². The van der Waals surface area contributed by atoms with Crippen molar-refractivity contribution in [2.75, 3.05) is 12.8 Å². The molecule has 0 aromatic heterocycles. The Morgan fingerprint density at radius 2 is 1.81 bits per heavy atom. The van der Waals surface area contributed by atoms with E-state index < -0.39 is 16.1 Å². The summed E-state index contributed by atoms with van der Waals surface area (Å²) in [5.41, 5.74) is 5.83. The number of methoxy groups -OCH3 is 1. The number of carbonyl (C=O) groups excluding carboxylic acids is 1. The fourth-order valence-electron chi connectivity index (χ4n) is 0.857. The van der Waals surface area contributed by atoms with Crippen molar-refractivity contribution >= 4 is 21.8 Å². The zero-order valence-corrected chi connectivity index (χ0v) is 11.7. The van der Waals surface area contributed by atoms with Crippen LogP contribution in [0.4, 0.5) is 10.5 Å². The van der Waals surface area contributed by atoms with Gasteiger partial charge in [-0.1, -0.05) is 0 Å². The van der Waals surface area contributed by atoms with Crippen LogP contribution in [0.5, 0.6) is 0 Å². The normalized spacial score (nSPS) is 10.1. The number of nitrogens with one attached hydrogen (secondary N) is 1. The third-order valence-electron chi connectivity index (χ3n) is 1.59. The number of ether oxygens (including phenoxy) is 1. The van der Waals surface area contributed by atoms with E-state index in [4.69, 9.17) is 5.73 Å². The minimum absolute atomic E-state index is 0. The molecule has 82 valence electrons. The van der Waals surface area contributed by atoms with E-state index in [9.17, 15) is 13.2 Å². The van der Waals surface area contributed by atoms with Crippen molar-refractivity contribution in [1.82, 2.24) is 4.72 Å². The largest absolute Gasteiger partial charge is 1.00 e. The molecule has 0 atom stereocenters. The molecule has 0 bridgehead atoms. The van der Waals surface area contributed by atoms with Gasteiger partial charge >= 0.3 is 35.7 Å². The van der Waals surface area contributed by atoms with Crippen molar-refractivity contribution < 1.29 is 47.5 Å². The molecule has 0 heterocycles. The van der Waals surface area contributed by atoms with Crippen molar-refractivity contribution in [1.29, 1.82) is 0 Å². The average Bonchev–Trinajstić information content (AvgIpc) is 2.17. The number of anilines is 1. The molecule has 0 spiro atoms. The molecule has 0 aliphatic carbocycles. The van der Waals surface area contributed by atoms with Gasteiger partial charge in [0.1, 0.15) is 0 Å². The van der Waals surface area contributed by atoms with Crippen LogP contribution in [0.3, 0.4) is 0 Å². The first-order valence-electron chi connectivity index (χ1n) is 3.92. The fraction of sp³-hybridized carbons (Fsp3) is 0.125. The van der Waals surface area contributed by atoms with Gasteiger partial charge in [-0.3, -0.25) is 0 Å². The second kappa shape index (κ2) is 6.09. The molecule has 1 aromatic carbocycles.